The number of carbonyl (C=O) groups is 1. The van der Waals surface area contributed by atoms with Crippen molar-refractivity contribution in [2.24, 2.45) is 0 Å². The molecule has 5 rings (SSSR count). The number of halogens is 3. The van der Waals surface area contributed by atoms with Gasteiger partial charge in [0.15, 0.2) is 18.1 Å². The maximum atomic E-state index is 13.5. The van der Waals surface area contributed by atoms with Crippen LogP contribution >= 0.6 is 11.6 Å². The first-order valence-corrected chi connectivity index (χ1v) is 10.2. The second-order valence-electron chi connectivity index (χ2n) is 7.43. The Morgan fingerprint density at radius 3 is 2.88 bits per heavy atom. The van der Waals surface area contributed by atoms with Crippen molar-refractivity contribution in [1.29, 1.82) is 0 Å². The summed E-state index contributed by atoms with van der Waals surface area (Å²) in [6.07, 6.45) is 2.15. The molecule has 0 unspecified atom stereocenters. The van der Waals surface area contributed by atoms with Gasteiger partial charge in [-0.3, -0.25) is 4.79 Å². The molecule has 4 aromatic rings. The van der Waals surface area contributed by atoms with E-state index in [1.807, 2.05) is 0 Å². The largest absolute Gasteiger partial charge is 0.471 e. The van der Waals surface area contributed by atoms with Crippen LogP contribution in [-0.4, -0.2) is 30.3 Å². The lowest BCUT2D eigenvalue weighted by molar-refractivity contribution is 0.102. The van der Waals surface area contributed by atoms with Crippen molar-refractivity contribution in [3.8, 4) is 5.75 Å². The molecule has 0 atom stereocenters. The molecule has 1 N–H and O–H groups in total. The van der Waals surface area contributed by atoms with Crippen molar-refractivity contribution in [2.45, 2.75) is 31.9 Å². The average molecular weight is 459 g/mol. The molecule has 1 amide bonds. The number of carbonyl (C=O) groups excluding carboxylic acids is 1. The van der Waals surface area contributed by atoms with Gasteiger partial charge in [-0.05, 0) is 37.1 Å². The summed E-state index contributed by atoms with van der Waals surface area (Å²) < 4.78 is 35.1. The van der Waals surface area contributed by atoms with Gasteiger partial charge in [0.05, 0.1) is 18.1 Å². The second-order valence-corrected chi connectivity index (χ2v) is 7.87. The number of hydrogen-bond donors (Lipinski definition) is 1. The van der Waals surface area contributed by atoms with Gasteiger partial charge in [-0.25, -0.2) is 23.0 Å². The van der Waals surface area contributed by atoms with Gasteiger partial charge in [0.25, 0.3) is 12.3 Å². The van der Waals surface area contributed by atoms with Crippen LogP contribution in [0.4, 0.5) is 14.5 Å². The summed E-state index contributed by atoms with van der Waals surface area (Å²) >= 11 is 5.93. The van der Waals surface area contributed by atoms with Crippen LogP contribution in [-0.2, 0) is 6.73 Å². The van der Waals surface area contributed by atoms with Crippen molar-refractivity contribution in [3.05, 3.63) is 70.9 Å². The maximum Gasteiger partial charge on any atom is 0.280 e. The number of rotatable bonds is 7. The zero-order valence-electron chi connectivity index (χ0n) is 16.6. The van der Waals surface area contributed by atoms with Crippen LogP contribution in [0.25, 0.3) is 5.65 Å². The lowest BCUT2D eigenvalue weighted by Gasteiger charge is -2.06. The Balaban J connectivity index is 1.30. The first-order valence-electron chi connectivity index (χ1n) is 9.87. The number of fused-ring (bicyclic) bond motifs is 1. The van der Waals surface area contributed by atoms with Crippen molar-refractivity contribution in [3.63, 3.8) is 0 Å². The van der Waals surface area contributed by atoms with Crippen LogP contribution in [0.15, 0.2) is 48.8 Å². The molecule has 1 aromatic carbocycles. The van der Waals surface area contributed by atoms with Gasteiger partial charge in [-0.1, -0.05) is 17.7 Å². The van der Waals surface area contributed by atoms with E-state index in [2.05, 4.69) is 20.5 Å². The summed E-state index contributed by atoms with van der Waals surface area (Å²) in [6.45, 7) is 0.107. The van der Waals surface area contributed by atoms with Crippen LogP contribution < -0.4 is 10.1 Å². The summed E-state index contributed by atoms with van der Waals surface area (Å²) in [5.74, 6) is 0.222. The highest BCUT2D eigenvalue weighted by molar-refractivity contribution is 6.30. The highest BCUT2D eigenvalue weighted by Gasteiger charge is 2.28. The zero-order valence-corrected chi connectivity index (χ0v) is 17.3. The van der Waals surface area contributed by atoms with E-state index >= 15 is 0 Å². The Kier molecular flexibility index (Phi) is 5.22. The Morgan fingerprint density at radius 1 is 1.28 bits per heavy atom. The molecule has 0 radical (unpaired) electrons. The van der Waals surface area contributed by atoms with E-state index in [4.69, 9.17) is 16.3 Å². The Hall–Kier alpha value is -3.53. The molecule has 1 fully saturated rings. The minimum Gasteiger partial charge on any atom is -0.471 e. The second kappa shape index (κ2) is 8.19. The molecule has 1 aliphatic carbocycles. The van der Waals surface area contributed by atoms with Gasteiger partial charge < -0.3 is 10.1 Å². The molecule has 164 valence electrons. The molecule has 3 heterocycles. The van der Waals surface area contributed by atoms with E-state index < -0.39 is 12.3 Å². The quantitative estimate of drug-likeness (QED) is 0.434. The molecule has 0 aliphatic heterocycles. The number of benzene rings is 1. The SMILES string of the molecule is O=C(Nc1cnn(COc2cccc(Cl)c2)c1)c1cc2nc(C3CC3)cc(C(F)F)n2n1. The summed E-state index contributed by atoms with van der Waals surface area (Å²) in [4.78, 5) is 17.0. The first-order chi connectivity index (χ1) is 15.5. The fourth-order valence-electron chi connectivity index (χ4n) is 3.26. The predicted molar refractivity (Wildman–Crippen MR) is 112 cm³/mol. The average Bonchev–Trinajstić information content (AvgIpc) is 3.37. The monoisotopic (exact) mass is 458 g/mol. The summed E-state index contributed by atoms with van der Waals surface area (Å²) in [5.41, 5.74) is 0.945. The van der Waals surface area contributed by atoms with E-state index in [-0.39, 0.29) is 29.7 Å². The number of aromatic nitrogens is 5. The van der Waals surface area contributed by atoms with Gasteiger partial charge in [-0.2, -0.15) is 10.2 Å². The van der Waals surface area contributed by atoms with E-state index in [0.717, 1.165) is 17.4 Å². The summed E-state index contributed by atoms with van der Waals surface area (Å²) in [6, 6.07) is 9.71. The molecule has 0 spiro atoms. The van der Waals surface area contributed by atoms with E-state index in [9.17, 15) is 13.6 Å². The normalized spacial score (nSPS) is 13.6. The molecule has 1 aliphatic rings. The number of alkyl halides is 2. The van der Waals surface area contributed by atoms with Gasteiger partial charge in [0.2, 0.25) is 0 Å². The van der Waals surface area contributed by atoms with E-state index in [1.54, 1.807) is 30.5 Å². The lowest BCUT2D eigenvalue weighted by atomic mass is 10.2. The number of anilines is 1. The molecular weight excluding hydrogens is 442 g/mol. The number of hydrogen-bond acceptors (Lipinski definition) is 5. The molecule has 8 nitrogen and oxygen atoms in total. The molecule has 0 saturated heterocycles. The Morgan fingerprint density at radius 2 is 2.12 bits per heavy atom. The van der Waals surface area contributed by atoms with Gasteiger partial charge in [-0.15, -0.1) is 0 Å². The first kappa shape index (κ1) is 20.4. The lowest BCUT2D eigenvalue weighted by Crippen LogP contribution is -2.13. The zero-order chi connectivity index (χ0) is 22.2. The third-order valence-electron chi connectivity index (χ3n) is 4.98. The topological polar surface area (TPSA) is 86.3 Å². The number of amides is 1. The minimum atomic E-state index is -2.73. The van der Waals surface area contributed by atoms with E-state index in [1.165, 1.54) is 23.0 Å². The number of nitrogens with one attached hydrogen (secondary N) is 1. The van der Waals surface area contributed by atoms with Crippen LogP contribution in [0.1, 0.15) is 47.1 Å². The summed E-state index contributed by atoms with van der Waals surface area (Å²) in [5, 5.41) is 11.4. The number of ether oxygens (including phenoxy) is 1. The minimum absolute atomic E-state index is 0.0183. The summed E-state index contributed by atoms with van der Waals surface area (Å²) in [7, 11) is 0. The predicted octanol–water partition coefficient (Wildman–Crippen LogP) is 4.68. The van der Waals surface area contributed by atoms with Crippen LogP contribution in [0.3, 0.4) is 0 Å². The van der Waals surface area contributed by atoms with Crippen LogP contribution in [0.5, 0.6) is 5.75 Å². The fraction of sp³-hybridized carbons (Fsp3) is 0.238. The van der Waals surface area contributed by atoms with Crippen molar-refractivity contribution in [2.75, 3.05) is 5.32 Å². The smallest absolute Gasteiger partial charge is 0.280 e. The van der Waals surface area contributed by atoms with E-state index in [0.29, 0.717) is 22.2 Å². The molecular formula is C21H17ClF2N6O2. The fourth-order valence-corrected chi connectivity index (χ4v) is 3.44. The van der Waals surface area contributed by atoms with Crippen molar-refractivity contribution in [1.82, 2.24) is 24.4 Å². The maximum absolute atomic E-state index is 13.5. The molecule has 11 heteroatoms. The molecule has 1 saturated carbocycles. The van der Waals surface area contributed by atoms with Crippen molar-refractivity contribution >= 4 is 28.8 Å². The third-order valence-corrected chi connectivity index (χ3v) is 5.21. The van der Waals surface area contributed by atoms with Crippen LogP contribution in [0.2, 0.25) is 5.02 Å². The third kappa shape index (κ3) is 4.26. The van der Waals surface area contributed by atoms with Crippen LogP contribution in [0, 0.1) is 0 Å². The van der Waals surface area contributed by atoms with Gasteiger partial charge in [0, 0.05) is 22.7 Å². The van der Waals surface area contributed by atoms with Crippen molar-refractivity contribution < 1.29 is 18.3 Å². The number of nitrogens with zero attached hydrogens (tertiary/aromatic N) is 5. The Labute approximate surface area is 185 Å². The highest BCUT2D eigenvalue weighted by Crippen LogP contribution is 2.40. The molecule has 3 aromatic heterocycles. The standard InChI is InChI=1S/C21H17ClF2N6O2/c22-13-2-1-3-15(6-13)32-11-29-10-14(9-25-29)26-21(31)17-8-19-27-16(12-4-5-12)7-18(20(23)24)30(19)28-17/h1-3,6-10,12,20H,4-5,11H2,(H,26,31). The molecule has 0 bridgehead atoms. The van der Waals surface area contributed by atoms with Gasteiger partial charge >= 0.3 is 0 Å². The molecule has 32 heavy (non-hydrogen) atoms. The highest BCUT2D eigenvalue weighted by atomic mass is 35.5. The van der Waals surface area contributed by atoms with Gasteiger partial charge in [0.1, 0.15) is 11.4 Å². The Bertz CT molecular complexity index is 1300.